The van der Waals surface area contributed by atoms with Crippen molar-refractivity contribution in [2.24, 2.45) is 0 Å². The van der Waals surface area contributed by atoms with Gasteiger partial charge in [-0.1, -0.05) is 41.9 Å². The number of hydrogen-bond acceptors (Lipinski definition) is 6. The van der Waals surface area contributed by atoms with Gasteiger partial charge in [0, 0.05) is 22.3 Å². The number of furan rings is 1. The molecule has 7 heteroatoms. The Labute approximate surface area is 179 Å². The molecule has 0 saturated carbocycles. The van der Waals surface area contributed by atoms with E-state index in [0.717, 1.165) is 11.3 Å². The number of carbonyl (C=O) groups is 2. The topological polar surface area (TPSA) is 77.8 Å². The zero-order valence-electron chi connectivity index (χ0n) is 16.9. The van der Waals surface area contributed by atoms with E-state index in [1.807, 2.05) is 13.0 Å². The summed E-state index contributed by atoms with van der Waals surface area (Å²) in [6.07, 6.45) is -0.833. The monoisotopic (exact) mass is 427 g/mol. The van der Waals surface area contributed by atoms with E-state index < -0.39 is 12.2 Å². The van der Waals surface area contributed by atoms with Crippen LogP contribution in [-0.4, -0.2) is 18.5 Å². The number of Topliss-reactive ketones (excluding diaryl/α,β-unsaturated/α-hetero) is 1. The first-order valence-corrected chi connectivity index (χ1v) is 9.83. The molecule has 0 fully saturated rings. The molecular weight excluding hydrogens is 406 g/mol. The number of benzene rings is 2. The van der Waals surface area contributed by atoms with Gasteiger partial charge < -0.3 is 19.2 Å². The van der Waals surface area contributed by atoms with Crippen LogP contribution < -0.4 is 10.1 Å². The van der Waals surface area contributed by atoms with Gasteiger partial charge in [0.15, 0.2) is 11.5 Å². The van der Waals surface area contributed by atoms with Crippen molar-refractivity contribution in [2.45, 2.75) is 26.8 Å². The summed E-state index contributed by atoms with van der Waals surface area (Å²) in [4.78, 5) is 25.0. The largest absolute Gasteiger partial charge is 0.513 e. The van der Waals surface area contributed by atoms with Gasteiger partial charge >= 0.3 is 6.16 Å². The summed E-state index contributed by atoms with van der Waals surface area (Å²) >= 11 is 6.05. The van der Waals surface area contributed by atoms with Crippen LogP contribution in [0.3, 0.4) is 0 Å². The second-order valence-electron chi connectivity index (χ2n) is 6.62. The molecule has 1 N–H and O–H groups in total. The molecule has 3 aromatic rings. The lowest BCUT2D eigenvalue weighted by molar-refractivity contribution is 0.0959. The van der Waals surface area contributed by atoms with Crippen molar-refractivity contribution >= 4 is 29.2 Å². The molecule has 2 aromatic carbocycles. The Morgan fingerprint density at radius 3 is 2.50 bits per heavy atom. The smallest absolute Gasteiger partial charge is 0.460 e. The number of rotatable bonds is 7. The van der Waals surface area contributed by atoms with Crippen molar-refractivity contribution in [3.63, 3.8) is 0 Å². The number of halogens is 1. The van der Waals surface area contributed by atoms with Gasteiger partial charge in [0.1, 0.15) is 17.6 Å². The summed E-state index contributed by atoms with van der Waals surface area (Å²) in [5.74, 6) is 0.680. The van der Waals surface area contributed by atoms with Crippen molar-refractivity contribution in [3.8, 4) is 5.75 Å². The molecule has 0 radical (unpaired) electrons. The minimum absolute atomic E-state index is 0.190. The van der Waals surface area contributed by atoms with Crippen LogP contribution in [0.1, 0.15) is 40.4 Å². The molecular formula is C23H22ClNO5. The second-order valence-corrected chi connectivity index (χ2v) is 7.06. The van der Waals surface area contributed by atoms with Crippen molar-refractivity contribution in [3.05, 3.63) is 82.3 Å². The van der Waals surface area contributed by atoms with E-state index >= 15 is 0 Å². The molecule has 0 spiro atoms. The summed E-state index contributed by atoms with van der Waals surface area (Å²) < 4.78 is 15.8. The molecule has 1 aromatic heterocycles. The third-order valence-electron chi connectivity index (χ3n) is 4.44. The van der Waals surface area contributed by atoms with Crippen LogP contribution in [0.5, 0.6) is 5.75 Å². The van der Waals surface area contributed by atoms with Crippen LogP contribution in [0, 0.1) is 13.8 Å². The van der Waals surface area contributed by atoms with E-state index in [1.54, 1.807) is 56.3 Å². The highest BCUT2D eigenvalue weighted by Gasteiger charge is 2.28. The Bertz CT molecular complexity index is 1050. The van der Waals surface area contributed by atoms with Crippen LogP contribution >= 0.6 is 11.6 Å². The standard InChI is InChI=1S/C23H22ClNO5/c1-4-28-23(27)30-19-13-20(29-15(19)3)21(22(26)16-8-6-5-7-9-16)25-18-11-10-17(24)12-14(18)2/h5-13,21,25H,4H2,1-3H3. The Kier molecular flexibility index (Phi) is 6.79. The molecule has 0 aliphatic heterocycles. The first-order chi connectivity index (χ1) is 14.4. The van der Waals surface area contributed by atoms with Crippen molar-refractivity contribution < 1.29 is 23.5 Å². The maximum absolute atomic E-state index is 13.3. The summed E-state index contributed by atoms with van der Waals surface area (Å²) in [5, 5.41) is 3.83. The summed E-state index contributed by atoms with van der Waals surface area (Å²) in [6.45, 7) is 5.41. The predicted octanol–water partition coefficient (Wildman–Crippen LogP) is 6.12. The number of carbonyl (C=O) groups excluding carboxylic acids is 2. The second kappa shape index (κ2) is 9.50. The zero-order chi connectivity index (χ0) is 21.7. The van der Waals surface area contributed by atoms with Gasteiger partial charge in [0.05, 0.1) is 6.61 Å². The van der Waals surface area contributed by atoms with Gasteiger partial charge in [0.25, 0.3) is 0 Å². The van der Waals surface area contributed by atoms with Gasteiger partial charge in [-0.15, -0.1) is 0 Å². The number of ketones is 1. The van der Waals surface area contributed by atoms with E-state index in [4.69, 9.17) is 25.5 Å². The lowest BCUT2D eigenvalue weighted by atomic mass is 10.0. The molecule has 1 heterocycles. The number of hydrogen-bond donors (Lipinski definition) is 1. The fourth-order valence-electron chi connectivity index (χ4n) is 2.95. The van der Waals surface area contributed by atoms with E-state index in [1.165, 1.54) is 6.07 Å². The molecule has 156 valence electrons. The molecule has 1 unspecified atom stereocenters. The van der Waals surface area contributed by atoms with Crippen LogP contribution in [0.15, 0.2) is 59.0 Å². The van der Waals surface area contributed by atoms with Crippen molar-refractivity contribution in [1.29, 1.82) is 0 Å². The summed E-state index contributed by atoms with van der Waals surface area (Å²) in [5.41, 5.74) is 2.12. The first kappa shape index (κ1) is 21.5. The molecule has 3 rings (SSSR count). The predicted molar refractivity (Wildman–Crippen MR) is 114 cm³/mol. The van der Waals surface area contributed by atoms with E-state index in [0.29, 0.717) is 22.1 Å². The Hall–Kier alpha value is -3.25. The van der Waals surface area contributed by atoms with Crippen LogP contribution in [0.4, 0.5) is 10.5 Å². The number of nitrogens with one attached hydrogen (secondary N) is 1. The molecule has 0 amide bonds. The summed E-state index contributed by atoms with van der Waals surface area (Å²) in [7, 11) is 0. The Morgan fingerprint density at radius 1 is 1.10 bits per heavy atom. The average Bonchev–Trinajstić information content (AvgIpc) is 3.07. The quantitative estimate of drug-likeness (QED) is 0.361. The van der Waals surface area contributed by atoms with Gasteiger partial charge in [-0.05, 0) is 44.5 Å². The minimum atomic E-state index is -0.842. The lowest BCUT2D eigenvalue weighted by Gasteiger charge is -2.18. The summed E-state index contributed by atoms with van der Waals surface area (Å²) in [6, 6.07) is 14.9. The fourth-order valence-corrected chi connectivity index (χ4v) is 3.17. The number of ether oxygens (including phenoxy) is 2. The van der Waals surface area contributed by atoms with Crippen LogP contribution in [0.2, 0.25) is 5.02 Å². The first-order valence-electron chi connectivity index (χ1n) is 9.46. The maximum atomic E-state index is 13.3. The molecule has 0 bridgehead atoms. The molecule has 0 aliphatic rings. The number of aryl methyl sites for hydroxylation is 2. The zero-order valence-corrected chi connectivity index (χ0v) is 17.7. The fraction of sp³-hybridized carbons (Fsp3) is 0.217. The highest BCUT2D eigenvalue weighted by atomic mass is 35.5. The Morgan fingerprint density at radius 2 is 1.83 bits per heavy atom. The Balaban J connectivity index is 1.97. The average molecular weight is 428 g/mol. The minimum Gasteiger partial charge on any atom is -0.460 e. The highest BCUT2D eigenvalue weighted by Crippen LogP contribution is 2.32. The molecule has 1 atom stereocenters. The molecule has 6 nitrogen and oxygen atoms in total. The van der Waals surface area contributed by atoms with E-state index in [9.17, 15) is 9.59 Å². The van der Waals surface area contributed by atoms with Gasteiger partial charge in [-0.3, -0.25) is 4.79 Å². The highest BCUT2D eigenvalue weighted by molar-refractivity contribution is 6.30. The third-order valence-corrected chi connectivity index (χ3v) is 4.68. The SMILES string of the molecule is CCOC(=O)Oc1cc(C(Nc2ccc(Cl)cc2C)C(=O)c2ccccc2)oc1C. The third kappa shape index (κ3) is 5.02. The van der Waals surface area contributed by atoms with E-state index in [-0.39, 0.29) is 18.1 Å². The van der Waals surface area contributed by atoms with Crippen molar-refractivity contribution in [1.82, 2.24) is 0 Å². The van der Waals surface area contributed by atoms with Crippen LogP contribution in [-0.2, 0) is 4.74 Å². The molecule has 30 heavy (non-hydrogen) atoms. The maximum Gasteiger partial charge on any atom is 0.513 e. The lowest BCUT2D eigenvalue weighted by Crippen LogP contribution is -2.21. The normalized spacial score (nSPS) is 11.6. The molecule has 0 aliphatic carbocycles. The van der Waals surface area contributed by atoms with Crippen molar-refractivity contribution in [2.75, 3.05) is 11.9 Å². The van der Waals surface area contributed by atoms with E-state index in [2.05, 4.69) is 5.32 Å². The number of anilines is 1. The van der Waals surface area contributed by atoms with Crippen LogP contribution in [0.25, 0.3) is 0 Å². The van der Waals surface area contributed by atoms with Gasteiger partial charge in [0.2, 0.25) is 0 Å². The molecule has 0 saturated heterocycles. The van der Waals surface area contributed by atoms with Gasteiger partial charge in [-0.2, -0.15) is 0 Å². The van der Waals surface area contributed by atoms with Gasteiger partial charge in [-0.25, -0.2) is 4.79 Å².